The van der Waals surface area contributed by atoms with Crippen molar-refractivity contribution in [1.82, 2.24) is 19.6 Å². The van der Waals surface area contributed by atoms with Crippen LogP contribution in [0.25, 0.3) is 0 Å². The highest BCUT2D eigenvalue weighted by Crippen LogP contribution is 2.56. The van der Waals surface area contributed by atoms with E-state index in [0.717, 1.165) is 41.4 Å². The number of hydrogen-bond donors (Lipinski definition) is 2. The van der Waals surface area contributed by atoms with Gasteiger partial charge in [-0.3, -0.25) is 14.4 Å². The van der Waals surface area contributed by atoms with Crippen LogP contribution in [0.15, 0.2) is 24.3 Å². The molecule has 3 atom stereocenters. The van der Waals surface area contributed by atoms with Gasteiger partial charge in [0.05, 0.1) is 17.7 Å². The van der Waals surface area contributed by atoms with Crippen molar-refractivity contribution in [2.75, 3.05) is 26.2 Å². The average Bonchev–Trinajstić information content (AvgIpc) is 3.58. The monoisotopic (exact) mass is 518 g/mol. The SMILES string of the molecule is Cn1nc(CC(=O)N2CC[C@]34CCN(CC5CC5)[C@H](Cc5ccc(O)cc53)[C@]4(O)CC2)cc1C(F)(F)F. The predicted octanol–water partition coefficient (Wildman–Crippen LogP) is 3.02. The number of fused-ring (bicyclic) bond motifs is 1. The van der Waals surface area contributed by atoms with Gasteiger partial charge >= 0.3 is 6.18 Å². The Morgan fingerprint density at radius 3 is 2.57 bits per heavy atom. The summed E-state index contributed by atoms with van der Waals surface area (Å²) in [5.41, 5.74) is -0.334. The minimum atomic E-state index is -4.54. The molecule has 6 rings (SSSR count). The summed E-state index contributed by atoms with van der Waals surface area (Å²) in [6.07, 6.45) is 0.0525. The highest BCUT2D eigenvalue weighted by Gasteiger charge is 2.63. The van der Waals surface area contributed by atoms with Crippen LogP contribution >= 0.6 is 0 Å². The quantitative estimate of drug-likeness (QED) is 0.651. The number of halogens is 3. The molecule has 3 fully saturated rings. The Labute approximate surface area is 213 Å². The Morgan fingerprint density at radius 2 is 1.86 bits per heavy atom. The molecule has 10 heteroatoms. The number of carbonyl (C=O) groups is 1. The van der Waals surface area contributed by atoms with Crippen LogP contribution in [0.1, 0.15) is 54.6 Å². The molecule has 37 heavy (non-hydrogen) atoms. The standard InChI is InChI=1S/C27H33F3N4O3/c1-32-23(27(28,29)30)13-19(31-32)14-24(36)33-9-6-25-7-10-34(16-17-2-3-17)22(26(25,37)8-11-33)12-18-4-5-20(35)15-21(18)25/h4-5,13,15,17,22,35,37H,2-3,6-12,14,16H2,1H3/t22-,25+,26-/m1/s1. The maximum Gasteiger partial charge on any atom is 0.433 e. The molecule has 1 amide bonds. The predicted molar refractivity (Wildman–Crippen MR) is 129 cm³/mol. The minimum Gasteiger partial charge on any atom is -0.508 e. The van der Waals surface area contributed by atoms with Crippen molar-refractivity contribution >= 4 is 5.91 Å². The summed E-state index contributed by atoms with van der Waals surface area (Å²) < 4.78 is 40.4. The lowest BCUT2D eigenvalue weighted by Crippen LogP contribution is -2.71. The number of piperidine rings is 1. The second-order valence-electron chi connectivity index (χ2n) is 11.5. The van der Waals surface area contributed by atoms with E-state index in [9.17, 15) is 28.2 Å². The number of aromatic hydroxyl groups is 1. The van der Waals surface area contributed by atoms with Gasteiger partial charge in [-0.2, -0.15) is 18.3 Å². The Bertz CT molecular complexity index is 1230. The van der Waals surface area contributed by atoms with Crippen LogP contribution in [0.5, 0.6) is 5.75 Å². The van der Waals surface area contributed by atoms with Crippen LogP contribution in [0.2, 0.25) is 0 Å². The molecule has 2 aliphatic heterocycles. The third-order valence-electron chi connectivity index (χ3n) is 9.34. The number of phenolic OH excluding ortho intramolecular Hbond substituents is 1. The molecule has 0 spiro atoms. The molecule has 2 aromatic rings. The van der Waals surface area contributed by atoms with E-state index >= 15 is 0 Å². The van der Waals surface area contributed by atoms with Crippen LogP contribution in [0.3, 0.4) is 0 Å². The van der Waals surface area contributed by atoms with E-state index in [-0.39, 0.29) is 29.8 Å². The molecule has 0 radical (unpaired) electrons. The Balaban J connectivity index is 1.29. The highest BCUT2D eigenvalue weighted by atomic mass is 19.4. The first-order valence-electron chi connectivity index (χ1n) is 13.2. The second kappa shape index (κ2) is 8.46. The molecule has 7 nitrogen and oxygen atoms in total. The molecule has 2 aliphatic carbocycles. The molecular formula is C27H33F3N4O3. The van der Waals surface area contributed by atoms with E-state index < -0.39 is 22.9 Å². The van der Waals surface area contributed by atoms with Crippen molar-refractivity contribution in [3.63, 3.8) is 0 Å². The molecule has 1 aromatic carbocycles. The van der Waals surface area contributed by atoms with Gasteiger partial charge < -0.3 is 15.1 Å². The van der Waals surface area contributed by atoms with Crippen LogP contribution in [-0.4, -0.2) is 73.5 Å². The van der Waals surface area contributed by atoms with Gasteiger partial charge in [0.25, 0.3) is 0 Å². The van der Waals surface area contributed by atoms with E-state index in [1.54, 1.807) is 17.0 Å². The lowest BCUT2D eigenvalue weighted by atomic mass is 9.52. The Hall–Kier alpha value is -2.59. The number of rotatable bonds is 4. The summed E-state index contributed by atoms with van der Waals surface area (Å²) in [4.78, 5) is 17.4. The number of amides is 1. The van der Waals surface area contributed by atoms with Crippen LogP contribution < -0.4 is 0 Å². The topological polar surface area (TPSA) is 81.8 Å². The lowest BCUT2D eigenvalue weighted by Gasteiger charge is -2.61. The van der Waals surface area contributed by atoms with Crippen molar-refractivity contribution in [2.45, 2.75) is 68.2 Å². The fraction of sp³-hybridized carbons (Fsp3) is 0.630. The summed E-state index contributed by atoms with van der Waals surface area (Å²) in [6, 6.07) is 6.32. The van der Waals surface area contributed by atoms with Gasteiger partial charge in [0.15, 0.2) is 0 Å². The molecule has 2 saturated heterocycles. The molecule has 2 bridgehead atoms. The first-order valence-corrected chi connectivity index (χ1v) is 13.2. The Kier molecular flexibility index (Phi) is 5.65. The van der Waals surface area contributed by atoms with E-state index in [0.29, 0.717) is 38.3 Å². The minimum absolute atomic E-state index is 0.0703. The number of aliphatic hydroxyl groups is 1. The summed E-state index contributed by atoms with van der Waals surface area (Å²) in [6.45, 7) is 2.56. The third kappa shape index (κ3) is 4.03. The number of aryl methyl sites for hydroxylation is 1. The van der Waals surface area contributed by atoms with Crippen LogP contribution in [0.4, 0.5) is 13.2 Å². The largest absolute Gasteiger partial charge is 0.508 e. The first kappa shape index (κ1) is 24.7. The molecular weight excluding hydrogens is 485 g/mol. The van der Waals surface area contributed by atoms with Gasteiger partial charge in [-0.05, 0) is 80.3 Å². The van der Waals surface area contributed by atoms with Gasteiger partial charge in [-0.1, -0.05) is 6.07 Å². The summed E-state index contributed by atoms with van der Waals surface area (Å²) in [5, 5.41) is 26.8. The van der Waals surface area contributed by atoms with Gasteiger partial charge in [-0.15, -0.1) is 0 Å². The smallest absolute Gasteiger partial charge is 0.433 e. The van der Waals surface area contributed by atoms with E-state index in [2.05, 4.69) is 10.00 Å². The number of carbonyl (C=O) groups excluding carboxylic acids is 1. The van der Waals surface area contributed by atoms with Crippen molar-refractivity contribution in [2.24, 2.45) is 13.0 Å². The van der Waals surface area contributed by atoms with Crippen molar-refractivity contribution < 1.29 is 28.2 Å². The molecule has 4 aliphatic rings. The summed E-state index contributed by atoms with van der Waals surface area (Å²) >= 11 is 0. The fourth-order valence-corrected chi connectivity index (χ4v) is 7.26. The fourth-order valence-electron chi connectivity index (χ4n) is 7.26. The summed E-state index contributed by atoms with van der Waals surface area (Å²) in [5.74, 6) is 0.564. The van der Waals surface area contributed by atoms with Crippen molar-refractivity contribution in [1.29, 1.82) is 0 Å². The normalized spacial score (nSPS) is 30.0. The number of likely N-dealkylation sites (tertiary alicyclic amines) is 2. The zero-order valence-electron chi connectivity index (χ0n) is 21.0. The van der Waals surface area contributed by atoms with Gasteiger partial charge in [0.2, 0.25) is 5.91 Å². The molecule has 1 saturated carbocycles. The van der Waals surface area contributed by atoms with Crippen molar-refractivity contribution in [3.8, 4) is 5.75 Å². The maximum atomic E-state index is 13.3. The van der Waals surface area contributed by atoms with Gasteiger partial charge in [0, 0.05) is 38.1 Å². The van der Waals surface area contributed by atoms with Crippen molar-refractivity contribution in [3.05, 3.63) is 46.8 Å². The Morgan fingerprint density at radius 1 is 1.14 bits per heavy atom. The number of hydrogen-bond acceptors (Lipinski definition) is 5. The van der Waals surface area contributed by atoms with E-state index in [4.69, 9.17) is 0 Å². The molecule has 1 aromatic heterocycles. The van der Waals surface area contributed by atoms with Crippen LogP contribution in [-0.2, 0) is 36.3 Å². The van der Waals surface area contributed by atoms with Gasteiger partial charge in [-0.25, -0.2) is 0 Å². The van der Waals surface area contributed by atoms with E-state index in [1.807, 2.05) is 6.07 Å². The molecule has 2 N–H and O–H groups in total. The number of phenols is 1. The zero-order chi connectivity index (χ0) is 26.2. The van der Waals surface area contributed by atoms with E-state index in [1.165, 1.54) is 19.9 Å². The zero-order valence-corrected chi connectivity index (χ0v) is 21.0. The molecule has 200 valence electrons. The average molecular weight is 519 g/mol. The number of nitrogens with zero attached hydrogens (tertiary/aromatic N) is 4. The lowest BCUT2D eigenvalue weighted by molar-refractivity contribution is -0.149. The third-order valence-corrected chi connectivity index (χ3v) is 9.34. The van der Waals surface area contributed by atoms with Gasteiger partial charge in [0.1, 0.15) is 11.4 Å². The maximum absolute atomic E-state index is 13.3. The number of alkyl halides is 3. The molecule has 0 unspecified atom stereocenters. The number of benzene rings is 1. The van der Waals surface area contributed by atoms with Crippen LogP contribution in [0, 0.1) is 5.92 Å². The highest BCUT2D eigenvalue weighted by molar-refractivity contribution is 5.78. The summed E-state index contributed by atoms with van der Waals surface area (Å²) in [7, 11) is 1.22. The first-order chi connectivity index (χ1) is 17.5. The second-order valence-corrected chi connectivity index (χ2v) is 11.5. The number of aromatic nitrogens is 2. The molecule has 3 heterocycles.